The second-order valence-corrected chi connectivity index (χ2v) is 4.31. The number of hydrogen-bond donors (Lipinski definition) is 1. The largest absolute Gasteiger partial charge is 0.313 e. The van der Waals surface area contributed by atoms with Gasteiger partial charge in [0.1, 0.15) is 0 Å². The third-order valence-electron chi connectivity index (χ3n) is 2.26. The van der Waals surface area contributed by atoms with Crippen LogP contribution >= 0.6 is 35.6 Å². The van der Waals surface area contributed by atoms with Gasteiger partial charge in [-0.2, -0.15) is 5.26 Å². The first kappa shape index (κ1) is 16.5. The number of benzene rings is 1. The second kappa shape index (κ2) is 9.56. The van der Waals surface area contributed by atoms with Crippen molar-refractivity contribution in [3.05, 3.63) is 33.8 Å². The maximum atomic E-state index is 8.37. The monoisotopic (exact) mass is 292 g/mol. The molecule has 0 atom stereocenters. The molecule has 1 N–H and O–H groups in total. The van der Waals surface area contributed by atoms with Crippen LogP contribution < -0.4 is 5.32 Å². The Morgan fingerprint density at radius 3 is 2.41 bits per heavy atom. The third kappa shape index (κ3) is 6.14. The van der Waals surface area contributed by atoms with Crippen molar-refractivity contribution >= 4 is 35.6 Å². The van der Waals surface area contributed by atoms with Crippen LogP contribution in [0, 0.1) is 11.3 Å². The molecule has 0 radical (unpaired) electrons. The summed E-state index contributed by atoms with van der Waals surface area (Å²) < 4.78 is 0. The van der Waals surface area contributed by atoms with Crippen LogP contribution in [0.15, 0.2) is 18.2 Å². The lowest BCUT2D eigenvalue weighted by molar-refractivity contribution is 0.629. The predicted molar refractivity (Wildman–Crippen MR) is 74.9 cm³/mol. The molecule has 1 aromatic carbocycles. The average Bonchev–Trinajstić information content (AvgIpc) is 2.26. The molecular weight excluding hydrogens is 279 g/mol. The number of unbranched alkanes of at least 4 members (excludes halogenated alkanes) is 2. The summed E-state index contributed by atoms with van der Waals surface area (Å²) in [6, 6.07) is 7.63. The minimum Gasteiger partial charge on any atom is -0.313 e. The Kier molecular flexibility index (Phi) is 9.30. The van der Waals surface area contributed by atoms with Gasteiger partial charge in [-0.1, -0.05) is 29.3 Å². The van der Waals surface area contributed by atoms with E-state index in [1.165, 1.54) is 0 Å². The van der Waals surface area contributed by atoms with Crippen LogP contribution in [-0.2, 0) is 6.54 Å². The molecule has 0 saturated heterocycles. The van der Waals surface area contributed by atoms with Crippen LogP contribution in [0.25, 0.3) is 0 Å². The zero-order chi connectivity index (χ0) is 11.8. The molecule has 0 saturated carbocycles. The summed E-state index contributed by atoms with van der Waals surface area (Å²) in [6.45, 7) is 1.55. The summed E-state index contributed by atoms with van der Waals surface area (Å²) >= 11 is 12.0. The molecular formula is C12H15Cl3N2. The van der Waals surface area contributed by atoms with E-state index >= 15 is 0 Å². The zero-order valence-electron chi connectivity index (χ0n) is 9.38. The molecule has 0 aliphatic heterocycles. The van der Waals surface area contributed by atoms with E-state index in [2.05, 4.69) is 11.4 Å². The van der Waals surface area contributed by atoms with Gasteiger partial charge >= 0.3 is 0 Å². The average molecular weight is 294 g/mol. The zero-order valence-corrected chi connectivity index (χ0v) is 11.7. The first-order valence-electron chi connectivity index (χ1n) is 5.26. The van der Waals surface area contributed by atoms with Crippen molar-refractivity contribution in [3.8, 4) is 6.07 Å². The Labute approximate surface area is 118 Å². The maximum Gasteiger partial charge on any atom is 0.0621 e. The standard InChI is InChI=1S/C12H14Cl2N2.ClH/c13-11-5-4-6-12(14)10(11)9-16-8-3-1-2-7-15;/h4-6,16H,1-3,8-9H2;1H. The van der Waals surface area contributed by atoms with Crippen LogP contribution in [0.2, 0.25) is 10.0 Å². The van der Waals surface area contributed by atoms with Gasteiger partial charge in [0, 0.05) is 28.6 Å². The molecule has 0 aliphatic carbocycles. The van der Waals surface area contributed by atoms with Crippen molar-refractivity contribution < 1.29 is 0 Å². The lowest BCUT2D eigenvalue weighted by atomic mass is 10.2. The maximum absolute atomic E-state index is 8.37. The molecule has 2 nitrogen and oxygen atoms in total. The first-order chi connectivity index (χ1) is 7.75. The van der Waals surface area contributed by atoms with Crippen LogP contribution in [0.4, 0.5) is 0 Å². The summed E-state index contributed by atoms with van der Waals surface area (Å²) in [5.74, 6) is 0. The molecule has 1 rings (SSSR count). The number of nitrogens with one attached hydrogen (secondary N) is 1. The highest BCUT2D eigenvalue weighted by Crippen LogP contribution is 2.23. The van der Waals surface area contributed by atoms with Gasteiger partial charge in [0.05, 0.1) is 6.07 Å². The van der Waals surface area contributed by atoms with Crippen molar-refractivity contribution in [2.24, 2.45) is 0 Å². The highest BCUT2D eigenvalue weighted by atomic mass is 35.5. The van der Waals surface area contributed by atoms with E-state index < -0.39 is 0 Å². The van der Waals surface area contributed by atoms with E-state index in [1.54, 1.807) is 0 Å². The Hall–Kier alpha value is -0.460. The normalized spacial score (nSPS) is 9.47. The van der Waals surface area contributed by atoms with Gasteiger partial charge in [-0.3, -0.25) is 0 Å². The molecule has 0 spiro atoms. The first-order valence-corrected chi connectivity index (χ1v) is 6.02. The van der Waals surface area contributed by atoms with Gasteiger partial charge in [-0.05, 0) is 31.5 Å². The van der Waals surface area contributed by atoms with Gasteiger partial charge in [-0.25, -0.2) is 0 Å². The predicted octanol–water partition coefficient (Wildman–Crippen LogP) is 4.20. The van der Waals surface area contributed by atoms with Crippen molar-refractivity contribution in [1.82, 2.24) is 5.32 Å². The molecule has 0 aliphatic rings. The van der Waals surface area contributed by atoms with E-state index in [1.807, 2.05) is 18.2 Å². The fourth-order valence-electron chi connectivity index (χ4n) is 1.37. The van der Waals surface area contributed by atoms with Crippen LogP contribution in [0.5, 0.6) is 0 Å². The topological polar surface area (TPSA) is 35.8 Å². The lowest BCUT2D eigenvalue weighted by Crippen LogP contribution is -2.15. The van der Waals surface area contributed by atoms with E-state index in [-0.39, 0.29) is 12.4 Å². The Bertz CT molecular complexity index is 354. The number of hydrogen-bond acceptors (Lipinski definition) is 2. The molecule has 0 unspecified atom stereocenters. The van der Waals surface area contributed by atoms with E-state index in [4.69, 9.17) is 28.5 Å². The molecule has 0 aromatic heterocycles. The summed E-state index contributed by atoms with van der Waals surface area (Å²) in [5, 5.41) is 13.0. The summed E-state index contributed by atoms with van der Waals surface area (Å²) in [5.41, 5.74) is 0.936. The van der Waals surface area contributed by atoms with Crippen molar-refractivity contribution in [1.29, 1.82) is 5.26 Å². The molecule has 0 amide bonds. The number of rotatable bonds is 6. The van der Waals surface area contributed by atoms with Gasteiger partial charge < -0.3 is 5.32 Å². The highest BCUT2D eigenvalue weighted by molar-refractivity contribution is 6.35. The van der Waals surface area contributed by atoms with Crippen LogP contribution in [-0.4, -0.2) is 6.54 Å². The van der Waals surface area contributed by atoms with Crippen molar-refractivity contribution in [3.63, 3.8) is 0 Å². The van der Waals surface area contributed by atoms with Gasteiger partial charge in [0.15, 0.2) is 0 Å². The number of nitriles is 1. The van der Waals surface area contributed by atoms with E-state index in [9.17, 15) is 0 Å². The molecule has 0 fully saturated rings. The molecule has 5 heteroatoms. The summed E-state index contributed by atoms with van der Waals surface area (Å²) in [4.78, 5) is 0. The molecule has 17 heavy (non-hydrogen) atoms. The third-order valence-corrected chi connectivity index (χ3v) is 2.96. The van der Waals surface area contributed by atoms with Crippen molar-refractivity contribution in [2.45, 2.75) is 25.8 Å². The number of halogens is 3. The summed E-state index contributed by atoms with van der Waals surface area (Å²) in [7, 11) is 0. The number of nitrogens with zero attached hydrogens (tertiary/aromatic N) is 1. The molecule has 0 heterocycles. The molecule has 0 bridgehead atoms. The SMILES string of the molecule is Cl.N#CCCCCNCc1c(Cl)cccc1Cl. The fourth-order valence-corrected chi connectivity index (χ4v) is 1.90. The highest BCUT2D eigenvalue weighted by Gasteiger charge is 2.03. The Balaban J connectivity index is 0.00000256. The van der Waals surface area contributed by atoms with E-state index in [0.717, 1.165) is 24.9 Å². The van der Waals surface area contributed by atoms with Crippen molar-refractivity contribution in [2.75, 3.05) is 6.54 Å². The molecule has 1 aromatic rings. The minimum atomic E-state index is 0. The lowest BCUT2D eigenvalue weighted by Gasteiger charge is -2.08. The van der Waals surface area contributed by atoms with Gasteiger partial charge in [0.2, 0.25) is 0 Å². The smallest absolute Gasteiger partial charge is 0.0621 e. The van der Waals surface area contributed by atoms with Crippen LogP contribution in [0.3, 0.4) is 0 Å². The minimum absolute atomic E-state index is 0. The quantitative estimate of drug-likeness (QED) is 0.798. The van der Waals surface area contributed by atoms with Crippen LogP contribution in [0.1, 0.15) is 24.8 Å². The molecule has 94 valence electrons. The summed E-state index contributed by atoms with van der Waals surface area (Å²) in [6.07, 6.45) is 2.55. The van der Waals surface area contributed by atoms with E-state index in [0.29, 0.717) is 23.0 Å². The van der Waals surface area contributed by atoms with Gasteiger partial charge in [-0.15, -0.1) is 12.4 Å². The van der Waals surface area contributed by atoms with Gasteiger partial charge in [0.25, 0.3) is 0 Å². The second-order valence-electron chi connectivity index (χ2n) is 3.49. The Morgan fingerprint density at radius 1 is 1.18 bits per heavy atom. The fraction of sp³-hybridized carbons (Fsp3) is 0.417. The Morgan fingerprint density at radius 2 is 1.82 bits per heavy atom.